The number of para-hydroxylation sites is 2. The summed E-state index contributed by atoms with van der Waals surface area (Å²) in [4.78, 5) is 27.0. The molecule has 0 aliphatic carbocycles. The van der Waals surface area contributed by atoms with Crippen molar-refractivity contribution in [2.45, 2.75) is 46.0 Å². The molecule has 0 radical (unpaired) electrons. The number of esters is 1. The maximum atomic E-state index is 12.8. The van der Waals surface area contributed by atoms with Gasteiger partial charge >= 0.3 is 5.97 Å². The van der Waals surface area contributed by atoms with Crippen LogP contribution in [0.3, 0.4) is 0 Å². The van der Waals surface area contributed by atoms with E-state index in [1.165, 1.54) is 0 Å². The molecular formula is C23H27NO3. The average molecular weight is 365 g/mol. The lowest BCUT2D eigenvalue weighted by Crippen LogP contribution is -2.28. The minimum atomic E-state index is -0.438. The van der Waals surface area contributed by atoms with Crippen LogP contribution in [0.4, 0.5) is 5.69 Å². The molecule has 27 heavy (non-hydrogen) atoms. The van der Waals surface area contributed by atoms with E-state index in [0.717, 1.165) is 29.7 Å². The molecule has 2 aromatic carbocycles. The molecule has 0 N–H and O–H groups in total. The first-order chi connectivity index (χ1) is 13.0. The molecule has 2 atom stereocenters. The van der Waals surface area contributed by atoms with Crippen LogP contribution in [0.25, 0.3) is 0 Å². The second-order valence-corrected chi connectivity index (χ2v) is 7.16. The van der Waals surface area contributed by atoms with Gasteiger partial charge in [0.2, 0.25) is 5.91 Å². The van der Waals surface area contributed by atoms with Crippen LogP contribution in [0.1, 0.15) is 50.7 Å². The summed E-state index contributed by atoms with van der Waals surface area (Å²) in [6.45, 7) is 6.67. The van der Waals surface area contributed by atoms with Crippen LogP contribution in [0.15, 0.2) is 48.5 Å². The third-order valence-corrected chi connectivity index (χ3v) is 5.39. The number of hydrogen-bond donors (Lipinski definition) is 0. The van der Waals surface area contributed by atoms with Gasteiger partial charge in [-0.1, -0.05) is 57.2 Å². The number of anilines is 1. The van der Waals surface area contributed by atoms with Gasteiger partial charge < -0.3 is 9.64 Å². The Bertz CT molecular complexity index is 830. The highest BCUT2D eigenvalue weighted by atomic mass is 16.5. The maximum absolute atomic E-state index is 12.8. The van der Waals surface area contributed by atoms with Crippen molar-refractivity contribution in [1.82, 2.24) is 0 Å². The quantitative estimate of drug-likeness (QED) is 0.550. The second kappa shape index (κ2) is 8.38. The third-order valence-electron chi connectivity index (χ3n) is 5.39. The van der Waals surface area contributed by atoms with E-state index in [1.807, 2.05) is 48.5 Å². The normalized spacial score (nSPS) is 17.8. The summed E-state index contributed by atoms with van der Waals surface area (Å²) in [5.41, 5.74) is 3.05. The van der Waals surface area contributed by atoms with Crippen molar-refractivity contribution in [1.29, 1.82) is 0 Å². The molecule has 1 aliphatic rings. The molecule has 0 unspecified atom stereocenters. The number of aryl methyl sites for hydroxylation is 1. The number of nitrogens with zero attached hydrogens (tertiary/aromatic N) is 1. The molecule has 4 nitrogen and oxygen atoms in total. The first kappa shape index (κ1) is 19.2. The smallest absolute Gasteiger partial charge is 0.316 e. The van der Waals surface area contributed by atoms with Crippen molar-refractivity contribution in [2.75, 3.05) is 11.4 Å². The number of benzene rings is 2. The van der Waals surface area contributed by atoms with Gasteiger partial charge in [0, 0.05) is 18.7 Å². The fraction of sp³-hybridized carbons (Fsp3) is 0.391. The van der Waals surface area contributed by atoms with Gasteiger partial charge in [0.1, 0.15) is 5.75 Å². The Hall–Kier alpha value is -2.62. The molecule has 4 heteroatoms. The number of carbonyl (C=O) groups excluding carboxylic acids is 2. The summed E-state index contributed by atoms with van der Waals surface area (Å²) in [5, 5.41) is 0. The first-order valence-corrected chi connectivity index (χ1v) is 9.74. The molecule has 0 bridgehead atoms. The number of amides is 1. The van der Waals surface area contributed by atoms with E-state index in [9.17, 15) is 9.59 Å². The van der Waals surface area contributed by atoms with Crippen molar-refractivity contribution in [3.05, 3.63) is 59.7 Å². The van der Waals surface area contributed by atoms with Gasteiger partial charge in [-0.3, -0.25) is 9.59 Å². The Kier molecular flexibility index (Phi) is 5.94. The standard InChI is InChI=1S/C23H27NO3/c1-4-16(3)19-11-7-9-13-21(19)27-23(26)18-14-22(25)24(15-18)20-12-8-6-10-17(20)5-2/h6-13,16,18H,4-5,14-15H2,1-3H3/t16-,18+/m0/s1. The Balaban J connectivity index is 1.75. The predicted octanol–water partition coefficient (Wildman–Crippen LogP) is 4.72. The van der Waals surface area contributed by atoms with E-state index in [-0.39, 0.29) is 18.3 Å². The highest BCUT2D eigenvalue weighted by molar-refractivity contribution is 6.00. The maximum Gasteiger partial charge on any atom is 0.316 e. The summed E-state index contributed by atoms with van der Waals surface area (Å²) in [5.74, 6) is 0.139. The summed E-state index contributed by atoms with van der Waals surface area (Å²) >= 11 is 0. The first-order valence-electron chi connectivity index (χ1n) is 9.74. The summed E-state index contributed by atoms with van der Waals surface area (Å²) in [6.07, 6.45) is 2.01. The van der Waals surface area contributed by atoms with Crippen LogP contribution in [-0.4, -0.2) is 18.4 Å². The summed E-state index contributed by atoms with van der Waals surface area (Å²) in [6, 6.07) is 15.5. The molecule has 0 aromatic heterocycles. The Labute approximate surface area is 161 Å². The minimum absolute atomic E-state index is 0.0203. The molecule has 1 fully saturated rings. The molecule has 1 saturated heterocycles. The van der Waals surface area contributed by atoms with Gasteiger partial charge in [-0.2, -0.15) is 0 Å². The minimum Gasteiger partial charge on any atom is -0.426 e. The average Bonchev–Trinajstić information content (AvgIpc) is 3.09. The van der Waals surface area contributed by atoms with E-state index in [1.54, 1.807) is 4.90 Å². The van der Waals surface area contributed by atoms with Gasteiger partial charge in [0.15, 0.2) is 0 Å². The lowest BCUT2D eigenvalue weighted by atomic mass is 9.98. The van der Waals surface area contributed by atoms with Crippen molar-refractivity contribution in [3.8, 4) is 5.75 Å². The zero-order valence-electron chi connectivity index (χ0n) is 16.3. The van der Waals surface area contributed by atoms with Gasteiger partial charge in [-0.25, -0.2) is 0 Å². The zero-order valence-corrected chi connectivity index (χ0v) is 16.3. The number of ether oxygens (including phenoxy) is 1. The predicted molar refractivity (Wildman–Crippen MR) is 107 cm³/mol. The zero-order chi connectivity index (χ0) is 19.4. The molecule has 0 spiro atoms. The molecule has 2 aromatic rings. The lowest BCUT2D eigenvalue weighted by molar-refractivity contribution is -0.139. The molecule has 1 amide bonds. The molecule has 142 valence electrons. The lowest BCUT2D eigenvalue weighted by Gasteiger charge is -2.20. The highest BCUT2D eigenvalue weighted by Gasteiger charge is 2.37. The highest BCUT2D eigenvalue weighted by Crippen LogP contribution is 2.32. The van der Waals surface area contributed by atoms with Crippen LogP contribution in [-0.2, 0) is 16.0 Å². The van der Waals surface area contributed by atoms with Crippen molar-refractivity contribution >= 4 is 17.6 Å². The Morgan fingerprint density at radius 2 is 1.85 bits per heavy atom. The third kappa shape index (κ3) is 4.05. The van der Waals surface area contributed by atoms with E-state index >= 15 is 0 Å². The van der Waals surface area contributed by atoms with Gasteiger partial charge in [-0.05, 0) is 42.0 Å². The van der Waals surface area contributed by atoms with E-state index in [4.69, 9.17) is 4.74 Å². The SMILES string of the molecule is CCc1ccccc1N1C[C@H](C(=O)Oc2ccccc2[C@@H](C)CC)CC1=O. The number of carbonyl (C=O) groups is 2. The monoisotopic (exact) mass is 365 g/mol. The fourth-order valence-electron chi connectivity index (χ4n) is 3.56. The largest absolute Gasteiger partial charge is 0.426 e. The molecule has 1 heterocycles. The molecule has 1 aliphatic heterocycles. The van der Waals surface area contributed by atoms with Crippen molar-refractivity contribution in [2.24, 2.45) is 5.92 Å². The van der Waals surface area contributed by atoms with Crippen LogP contribution in [0.2, 0.25) is 0 Å². The van der Waals surface area contributed by atoms with Gasteiger partial charge in [-0.15, -0.1) is 0 Å². The Morgan fingerprint density at radius 3 is 2.59 bits per heavy atom. The molecular weight excluding hydrogens is 338 g/mol. The van der Waals surface area contributed by atoms with E-state index < -0.39 is 5.92 Å². The van der Waals surface area contributed by atoms with Gasteiger partial charge in [0.05, 0.1) is 5.92 Å². The fourth-order valence-corrected chi connectivity index (χ4v) is 3.56. The number of hydrogen-bond acceptors (Lipinski definition) is 3. The van der Waals surface area contributed by atoms with E-state index in [2.05, 4.69) is 20.8 Å². The molecule has 0 saturated carbocycles. The Morgan fingerprint density at radius 1 is 1.15 bits per heavy atom. The number of rotatable bonds is 6. The van der Waals surface area contributed by atoms with Crippen LogP contribution in [0, 0.1) is 5.92 Å². The van der Waals surface area contributed by atoms with Crippen LogP contribution >= 0.6 is 0 Å². The van der Waals surface area contributed by atoms with Crippen LogP contribution in [0.5, 0.6) is 5.75 Å². The van der Waals surface area contributed by atoms with Crippen molar-refractivity contribution < 1.29 is 14.3 Å². The van der Waals surface area contributed by atoms with E-state index in [0.29, 0.717) is 18.2 Å². The summed E-state index contributed by atoms with van der Waals surface area (Å²) < 4.78 is 5.72. The second-order valence-electron chi connectivity index (χ2n) is 7.16. The summed E-state index contributed by atoms with van der Waals surface area (Å²) in [7, 11) is 0. The van der Waals surface area contributed by atoms with Gasteiger partial charge in [0.25, 0.3) is 0 Å². The molecule has 3 rings (SSSR count). The van der Waals surface area contributed by atoms with Crippen LogP contribution < -0.4 is 9.64 Å². The van der Waals surface area contributed by atoms with Crippen molar-refractivity contribution in [3.63, 3.8) is 0 Å². The topological polar surface area (TPSA) is 46.6 Å².